The zero-order valence-corrected chi connectivity index (χ0v) is 7.38. The number of hydrogen-bond donors (Lipinski definition) is 1. The first-order valence-electron chi connectivity index (χ1n) is 4.05. The minimum absolute atomic E-state index is 1.21. The second-order valence-corrected chi connectivity index (χ2v) is 2.24. The summed E-state index contributed by atoms with van der Waals surface area (Å²) in [7, 11) is 1.50. The predicted octanol–water partition coefficient (Wildman–Crippen LogP) is 2.21. The maximum Gasteiger partial charge on any atom is -0.0195 e. The maximum atomic E-state index is 4.50. The molecule has 0 aliphatic carbocycles. The second kappa shape index (κ2) is 7.29. The molecular formula is C10H17N. The first-order valence-corrected chi connectivity index (χ1v) is 4.05. The fourth-order valence-corrected chi connectivity index (χ4v) is 0.933. The van der Waals surface area contributed by atoms with E-state index >= 15 is 0 Å². The van der Waals surface area contributed by atoms with Gasteiger partial charge in [-0.25, -0.2) is 0 Å². The van der Waals surface area contributed by atoms with E-state index in [0.717, 1.165) is 0 Å². The molecule has 0 spiro atoms. The summed E-state index contributed by atoms with van der Waals surface area (Å²) in [5.74, 6) is 0. The van der Waals surface area contributed by atoms with E-state index in [2.05, 4.69) is 43.0 Å². The van der Waals surface area contributed by atoms with Gasteiger partial charge in [0.05, 0.1) is 0 Å². The zero-order chi connectivity index (χ0) is 8.53. The lowest BCUT2D eigenvalue weighted by molar-refractivity contribution is 0.922. The SMILES string of the molecule is CCCc1ccccc1.CN. The summed E-state index contributed by atoms with van der Waals surface area (Å²) in [6, 6.07) is 10.6. The van der Waals surface area contributed by atoms with Gasteiger partial charge in [-0.2, -0.15) is 0 Å². The first kappa shape index (κ1) is 10.2. The zero-order valence-electron chi connectivity index (χ0n) is 7.38. The standard InChI is InChI=1S/C9H12.CH5N/c1-2-6-9-7-4-3-5-8-9;1-2/h3-5,7-8H,2,6H2,1H3;2H2,1H3. The Morgan fingerprint density at radius 2 is 1.64 bits per heavy atom. The van der Waals surface area contributed by atoms with Crippen molar-refractivity contribution in [2.75, 3.05) is 7.05 Å². The van der Waals surface area contributed by atoms with Crippen molar-refractivity contribution in [1.29, 1.82) is 0 Å². The molecule has 1 aromatic rings. The van der Waals surface area contributed by atoms with Gasteiger partial charge in [-0.05, 0) is 19.0 Å². The van der Waals surface area contributed by atoms with E-state index in [1.807, 2.05) is 0 Å². The Kier molecular flexibility index (Phi) is 6.75. The van der Waals surface area contributed by atoms with Crippen molar-refractivity contribution in [3.63, 3.8) is 0 Å². The molecule has 0 saturated carbocycles. The summed E-state index contributed by atoms with van der Waals surface area (Å²) in [6.07, 6.45) is 2.45. The minimum Gasteiger partial charge on any atom is -0.333 e. The van der Waals surface area contributed by atoms with Crippen LogP contribution in [-0.4, -0.2) is 7.05 Å². The van der Waals surface area contributed by atoms with E-state index in [9.17, 15) is 0 Å². The van der Waals surface area contributed by atoms with Gasteiger partial charge < -0.3 is 5.73 Å². The van der Waals surface area contributed by atoms with Crippen LogP contribution in [0.1, 0.15) is 18.9 Å². The van der Waals surface area contributed by atoms with Crippen molar-refractivity contribution < 1.29 is 0 Å². The third kappa shape index (κ3) is 4.57. The predicted molar refractivity (Wildman–Crippen MR) is 50.5 cm³/mol. The summed E-state index contributed by atoms with van der Waals surface area (Å²) in [6.45, 7) is 2.20. The monoisotopic (exact) mass is 151 g/mol. The lowest BCUT2D eigenvalue weighted by Gasteiger charge is -1.93. The van der Waals surface area contributed by atoms with Gasteiger partial charge in [0, 0.05) is 0 Å². The molecular weight excluding hydrogens is 134 g/mol. The Bertz CT molecular complexity index is 158. The van der Waals surface area contributed by atoms with Crippen molar-refractivity contribution in [1.82, 2.24) is 0 Å². The molecule has 1 heteroatoms. The normalized spacial score (nSPS) is 8.27. The minimum atomic E-state index is 1.21. The smallest absolute Gasteiger partial charge is 0.0195 e. The highest BCUT2D eigenvalue weighted by molar-refractivity contribution is 5.14. The molecule has 2 N–H and O–H groups in total. The third-order valence-corrected chi connectivity index (χ3v) is 1.38. The van der Waals surface area contributed by atoms with E-state index in [1.165, 1.54) is 25.5 Å². The Morgan fingerprint density at radius 1 is 1.09 bits per heavy atom. The molecule has 0 atom stereocenters. The Labute approximate surface area is 69.2 Å². The average Bonchev–Trinajstić information content (AvgIpc) is 2.11. The second-order valence-electron chi connectivity index (χ2n) is 2.24. The maximum absolute atomic E-state index is 4.50. The van der Waals surface area contributed by atoms with Crippen LogP contribution in [0.3, 0.4) is 0 Å². The van der Waals surface area contributed by atoms with E-state index < -0.39 is 0 Å². The van der Waals surface area contributed by atoms with Crippen molar-refractivity contribution >= 4 is 0 Å². The molecule has 0 radical (unpaired) electrons. The fraction of sp³-hybridized carbons (Fsp3) is 0.400. The van der Waals surface area contributed by atoms with Crippen molar-refractivity contribution in [3.8, 4) is 0 Å². The van der Waals surface area contributed by atoms with E-state index in [-0.39, 0.29) is 0 Å². The molecule has 62 valence electrons. The lowest BCUT2D eigenvalue weighted by atomic mass is 10.1. The van der Waals surface area contributed by atoms with Crippen molar-refractivity contribution in [2.24, 2.45) is 5.73 Å². The number of aryl methyl sites for hydroxylation is 1. The Balaban J connectivity index is 0.000000461. The van der Waals surface area contributed by atoms with Crippen LogP contribution in [0.2, 0.25) is 0 Å². The van der Waals surface area contributed by atoms with Gasteiger partial charge in [-0.3, -0.25) is 0 Å². The largest absolute Gasteiger partial charge is 0.333 e. The van der Waals surface area contributed by atoms with E-state index in [0.29, 0.717) is 0 Å². The van der Waals surface area contributed by atoms with Crippen LogP contribution >= 0.6 is 0 Å². The van der Waals surface area contributed by atoms with Gasteiger partial charge in [0.1, 0.15) is 0 Å². The molecule has 1 aromatic carbocycles. The highest BCUT2D eigenvalue weighted by Crippen LogP contribution is 2.00. The lowest BCUT2D eigenvalue weighted by Crippen LogP contribution is -1.78. The van der Waals surface area contributed by atoms with Crippen molar-refractivity contribution in [3.05, 3.63) is 35.9 Å². The van der Waals surface area contributed by atoms with Crippen LogP contribution in [-0.2, 0) is 6.42 Å². The van der Waals surface area contributed by atoms with Crippen LogP contribution < -0.4 is 5.73 Å². The molecule has 1 nitrogen and oxygen atoms in total. The highest BCUT2D eigenvalue weighted by Gasteiger charge is 1.84. The van der Waals surface area contributed by atoms with Crippen LogP contribution in [0.15, 0.2) is 30.3 Å². The Morgan fingerprint density at radius 3 is 2.09 bits per heavy atom. The summed E-state index contributed by atoms with van der Waals surface area (Å²) < 4.78 is 0. The van der Waals surface area contributed by atoms with Gasteiger partial charge in [-0.15, -0.1) is 0 Å². The van der Waals surface area contributed by atoms with Gasteiger partial charge in [0.25, 0.3) is 0 Å². The average molecular weight is 151 g/mol. The van der Waals surface area contributed by atoms with E-state index in [1.54, 1.807) is 0 Å². The van der Waals surface area contributed by atoms with Crippen LogP contribution in [0.25, 0.3) is 0 Å². The highest BCUT2D eigenvalue weighted by atomic mass is 14.4. The fourth-order valence-electron chi connectivity index (χ4n) is 0.933. The summed E-state index contributed by atoms with van der Waals surface area (Å²) in [5, 5.41) is 0. The van der Waals surface area contributed by atoms with Gasteiger partial charge >= 0.3 is 0 Å². The molecule has 0 aliphatic rings. The molecule has 0 unspecified atom stereocenters. The molecule has 11 heavy (non-hydrogen) atoms. The van der Waals surface area contributed by atoms with Gasteiger partial charge in [0.15, 0.2) is 0 Å². The van der Waals surface area contributed by atoms with Crippen LogP contribution in [0.5, 0.6) is 0 Å². The molecule has 0 saturated heterocycles. The van der Waals surface area contributed by atoms with Gasteiger partial charge in [0.2, 0.25) is 0 Å². The number of nitrogens with two attached hydrogens (primary N) is 1. The molecule has 0 bridgehead atoms. The molecule has 0 amide bonds. The quantitative estimate of drug-likeness (QED) is 0.689. The molecule has 0 aromatic heterocycles. The molecule has 0 aliphatic heterocycles. The Hall–Kier alpha value is -0.820. The third-order valence-electron chi connectivity index (χ3n) is 1.38. The summed E-state index contributed by atoms with van der Waals surface area (Å²) >= 11 is 0. The molecule has 0 heterocycles. The summed E-state index contributed by atoms with van der Waals surface area (Å²) in [4.78, 5) is 0. The molecule has 0 fully saturated rings. The van der Waals surface area contributed by atoms with E-state index in [4.69, 9.17) is 0 Å². The number of rotatable bonds is 2. The van der Waals surface area contributed by atoms with Gasteiger partial charge in [-0.1, -0.05) is 43.7 Å². The van der Waals surface area contributed by atoms with Crippen molar-refractivity contribution in [2.45, 2.75) is 19.8 Å². The molecule has 1 rings (SSSR count). The summed E-state index contributed by atoms with van der Waals surface area (Å²) in [5.41, 5.74) is 5.94. The van der Waals surface area contributed by atoms with Crippen LogP contribution in [0, 0.1) is 0 Å². The first-order chi connectivity index (χ1) is 5.43. The number of benzene rings is 1. The number of hydrogen-bond acceptors (Lipinski definition) is 1. The topological polar surface area (TPSA) is 26.0 Å². The van der Waals surface area contributed by atoms with Crippen LogP contribution in [0.4, 0.5) is 0 Å².